The lowest BCUT2D eigenvalue weighted by Gasteiger charge is -2.15. The van der Waals surface area contributed by atoms with E-state index >= 15 is 0 Å². The van der Waals surface area contributed by atoms with Crippen molar-refractivity contribution in [1.29, 1.82) is 0 Å². The highest BCUT2D eigenvalue weighted by Crippen LogP contribution is 2.30. The van der Waals surface area contributed by atoms with Crippen molar-refractivity contribution >= 4 is 34.2 Å². The largest absolute Gasteiger partial charge is 0.497 e. The fourth-order valence-corrected chi connectivity index (χ4v) is 3.91. The Balaban J connectivity index is 1.90. The second-order valence-corrected chi connectivity index (χ2v) is 7.17. The minimum absolute atomic E-state index is 0.00396. The van der Waals surface area contributed by atoms with E-state index in [2.05, 4.69) is 0 Å². The van der Waals surface area contributed by atoms with Crippen LogP contribution in [0.5, 0.6) is 5.75 Å². The molecular formula is C19H16O3S2. The first-order valence-electron chi connectivity index (χ1n) is 7.47. The van der Waals surface area contributed by atoms with E-state index in [1.165, 1.54) is 22.7 Å². The van der Waals surface area contributed by atoms with E-state index in [0.29, 0.717) is 9.75 Å². The van der Waals surface area contributed by atoms with Gasteiger partial charge in [0.1, 0.15) is 5.75 Å². The fraction of sp³-hybridized carbons (Fsp3) is 0.158. The van der Waals surface area contributed by atoms with E-state index in [9.17, 15) is 9.59 Å². The van der Waals surface area contributed by atoms with Gasteiger partial charge < -0.3 is 4.74 Å². The van der Waals surface area contributed by atoms with Gasteiger partial charge in [-0.2, -0.15) is 0 Å². The van der Waals surface area contributed by atoms with Crippen LogP contribution >= 0.6 is 22.7 Å². The highest BCUT2D eigenvalue weighted by Gasteiger charge is 2.26. The van der Waals surface area contributed by atoms with Crippen molar-refractivity contribution < 1.29 is 14.3 Å². The average molecular weight is 356 g/mol. The lowest BCUT2D eigenvalue weighted by Crippen LogP contribution is -2.16. The molecule has 0 saturated heterocycles. The van der Waals surface area contributed by atoms with E-state index in [0.717, 1.165) is 11.3 Å². The zero-order valence-electron chi connectivity index (χ0n) is 13.1. The van der Waals surface area contributed by atoms with Gasteiger partial charge in [-0.3, -0.25) is 9.59 Å². The number of rotatable bonds is 7. The number of benzene rings is 1. The Labute approximate surface area is 148 Å². The summed E-state index contributed by atoms with van der Waals surface area (Å²) in [6, 6.07) is 14.7. The van der Waals surface area contributed by atoms with Crippen LogP contribution in [0.2, 0.25) is 0 Å². The molecule has 122 valence electrons. The summed E-state index contributed by atoms with van der Waals surface area (Å²) in [5.74, 6) is 0.227. The highest BCUT2D eigenvalue weighted by atomic mass is 32.1. The average Bonchev–Trinajstić information content (AvgIpc) is 3.32. The maximum Gasteiger partial charge on any atom is 0.180 e. The van der Waals surface area contributed by atoms with Crippen LogP contribution in [0.3, 0.4) is 0 Å². The summed E-state index contributed by atoms with van der Waals surface area (Å²) in [5, 5.41) is 3.75. The molecule has 0 bridgehead atoms. The fourth-order valence-electron chi connectivity index (χ4n) is 2.51. The van der Waals surface area contributed by atoms with Gasteiger partial charge in [-0.25, -0.2) is 0 Å². The van der Waals surface area contributed by atoms with Crippen LogP contribution in [-0.4, -0.2) is 18.7 Å². The summed E-state index contributed by atoms with van der Waals surface area (Å²) in [4.78, 5) is 26.8. The van der Waals surface area contributed by atoms with E-state index in [1.807, 2.05) is 47.2 Å². The van der Waals surface area contributed by atoms with Crippen LogP contribution in [0.25, 0.3) is 0 Å². The minimum atomic E-state index is -0.482. The second-order valence-electron chi connectivity index (χ2n) is 5.27. The first-order chi connectivity index (χ1) is 11.7. The third-order valence-electron chi connectivity index (χ3n) is 3.78. The Morgan fingerprint density at radius 2 is 1.58 bits per heavy atom. The maximum absolute atomic E-state index is 12.9. The molecule has 3 rings (SSSR count). The molecular weight excluding hydrogens is 340 g/mol. The molecule has 2 aromatic heterocycles. The zero-order chi connectivity index (χ0) is 16.9. The maximum atomic E-state index is 12.9. The molecule has 24 heavy (non-hydrogen) atoms. The van der Waals surface area contributed by atoms with E-state index in [4.69, 9.17) is 4.74 Å². The number of hydrogen-bond donors (Lipinski definition) is 0. The van der Waals surface area contributed by atoms with Crippen LogP contribution in [0, 0.1) is 0 Å². The predicted molar refractivity (Wildman–Crippen MR) is 97.7 cm³/mol. The van der Waals surface area contributed by atoms with Crippen LogP contribution in [0.15, 0.2) is 59.3 Å². The Kier molecular flexibility index (Phi) is 5.23. The van der Waals surface area contributed by atoms with E-state index in [1.54, 1.807) is 19.2 Å². The van der Waals surface area contributed by atoms with Crippen LogP contribution in [-0.2, 0) is 0 Å². The normalized spacial score (nSPS) is 11.9. The number of thiophene rings is 2. The molecule has 1 unspecified atom stereocenters. The number of Topliss-reactive ketones (excluding diaryl/α,β-unsaturated/α-hetero) is 2. The van der Waals surface area contributed by atoms with Gasteiger partial charge in [0, 0.05) is 6.42 Å². The lowest BCUT2D eigenvalue weighted by molar-refractivity contribution is 0.0897. The Bertz CT molecular complexity index is 803. The van der Waals surface area contributed by atoms with Gasteiger partial charge in [0.05, 0.1) is 22.8 Å². The van der Waals surface area contributed by atoms with Gasteiger partial charge in [-0.15, -0.1) is 22.7 Å². The van der Waals surface area contributed by atoms with Gasteiger partial charge >= 0.3 is 0 Å². The predicted octanol–water partition coefficient (Wildman–Crippen LogP) is 5.06. The third-order valence-corrected chi connectivity index (χ3v) is 5.58. The van der Waals surface area contributed by atoms with Crippen LogP contribution < -0.4 is 4.74 Å². The number of ether oxygens (including phenoxy) is 1. The van der Waals surface area contributed by atoms with Crippen molar-refractivity contribution in [3.8, 4) is 5.75 Å². The molecule has 0 spiro atoms. The summed E-state index contributed by atoms with van der Waals surface area (Å²) < 4.78 is 5.17. The summed E-state index contributed by atoms with van der Waals surface area (Å²) in [7, 11) is 1.60. The molecule has 1 aromatic carbocycles. The van der Waals surface area contributed by atoms with Crippen molar-refractivity contribution in [2.75, 3.05) is 7.11 Å². The quantitative estimate of drug-likeness (QED) is 0.556. The molecule has 0 aliphatic carbocycles. The van der Waals surface area contributed by atoms with Crippen molar-refractivity contribution in [3.63, 3.8) is 0 Å². The van der Waals surface area contributed by atoms with Crippen molar-refractivity contribution in [2.45, 2.75) is 12.3 Å². The summed E-state index contributed by atoms with van der Waals surface area (Å²) in [5.41, 5.74) is 0.833. The molecule has 0 aliphatic rings. The molecule has 0 N–H and O–H groups in total. The molecule has 0 radical (unpaired) electrons. The number of ketones is 2. The van der Waals surface area contributed by atoms with Gasteiger partial charge in [-0.1, -0.05) is 24.3 Å². The molecule has 3 aromatic rings. The molecule has 3 nitrogen and oxygen atoms in total. The molecule has 0 fully saturated rings. The SMILES string of the molecule is COc1ccc(C(CC(=O)c2cccs2)C(=O)c2cccs2)cc1. The van der Waals surface area contributed by atoms with Crippen molar-refractivity contribution in [1.82, 2.24) is 0 Å². The Morgan fingerprint density at radius 3 is 2.12 bits per heavy atom. The summed E-state index contributed by atoms with van der Waals surface area (Å²) in [6.45, 7) is 0. The number of methoxy groups -OCH3 is 1. The second kappa shape index (κ2) is 7.55. The van der Waals surface area contributed by atoms with E-state index in [-0.39, 0.29) is 18.0 Å². The molecule has 5 heteroatoms. The topological polar surface area (TPSA) is 43.4 Å². The number of hydrogen-bond acceptors (Lipinski definition) is 5. The van der Waals surface area contributed by atoms with Gasteiger partial charge in [0.15, 0.2) is 11.6 Å². The smallest absolute Gasteiger partial charge is 0.180 e. The Morgan fingerprint density at radius 1 is 0.958 bits per heavy atom. The molecule has 1 atom stereocenters. The van der Waals surface area contributed by atoms with E-state index < -0.39 is 5.92 Å². The van der Waals surface area contributed by atoms with Gasteiger partial charge in [-0.05, 0) is 40.6 Å². The molecule has 0 aliphatic heterocycles. The van der Waals surface area contributed by atoms with Crippen LogP contribution in [0.1, 0.15) is 37.2 Å². The monoisotopic (exact) mass is 356 g/mol. The molecule has 0 amide bonds. The number of carbonyl (C=O) groups is 2. The number of carbonyl (C=O) groups excluding carboxylic acids is 2. The third kappa shape index (κ3) is 3.63. The minimum Gasteiger partial charge on any atom is -0.497 e. The zero-order valence-corrected chi connectivity index (χ0v) is 14.7. The first kappa shape index (κ1) is 16.6. The van der Waals surface area contributed by atoms with Crippen molar-refractivity contribution in [3.05, 3.63) is 74.6 Å². The van der Waals surface area contributed by atoms with Gasteiger partial charge in [0.2, 0.25) is 0 Å². The summed E-state index contributed by atoms with van der Waals surface area (Å²) in [6.07, 6.45) is 0.170. The van der Waals surface area contributed by atoms with Crippen molar-refractivity contribution in [2.24, 2.45) is 0 Å². The van der Waals surface area contributed by atoms with Gasteiger partial charge in [0.25, 0.3) is 0 Å². The molecule has 0 saturated carbocycles. The standard InChI is InChI=1S/C19H16O3S2/c1-22-14-8-6-13(7-9-14)15(19(21)18-5-3-11-24-18)12-16(20)17-4-2-10-23-17/h2-11,15H,12H2,1H3. The first-order valence-corrected chi connectivity index (χ1v) is 9.23. The lowest BCUT2D eigenvalue weighted by atomic mass is 9.88. The molecule has 2 heterocycles. The van der Waals surface area contributed by atoms with Crippen LogP contribution in [0.4, 0.5) is 0 Å². The highest BCUT2D eigenvalue weighted by molar-refractivity contribution is 7.12. The summed E-state index contributed by atoms with van der Waals surface area (Å²) >= 11 is 2.81. The Hall–Kier alpha value is -2.24.